The average molecular weight is 430 g/mol. The molecule has 4 rings (SSSR count). The van der Waals surface area contributed by atoms with Crippen molar-refractivity contribution in [3.63, 3.8) is 0 Å². The first-order valence-electron chi connectivity index (χ1n) is 8.43. The second-order valence-electron chi connectivity index (χ2n) is 6.03. The number of hydrogen-bond acceptors (Lipinski definition) is 11. The highest BCUT2D eigenvalue weighted by Gasteiger charge is 2.21. The highest BCUT2D eigenvalue weighted by Crippen LogP contribution is 2.37. The van der Waals surface area contributed by atoms with Gasteiger partial charge in [-0.3, -0.25) is 10.1 Å². The molecule has 29 heavy (non-hydrogen) atoms. The van der Waals surface area contributed by atoms with Crippen LogP contribution in [-0.2, 0) is 0 Å². The Morgan fingerprint density at radius 1 is 1.07 bits per heavy atom. The van der Waals surface area contributed by atoms with E-state index in [0.717, 1.165) is 15.6 Å². The van der Waals surface area contributed by atoms with Gasteiger partial charge in [0.1, 0.15) is 4.88 Å². The zero-order valence-corrected chi connectivity index (χ0v) is 17.2. The van der Waals surface area contributed by atoms with Gasteiger partial charge in [-0.25, -0.2) is 4.98 Å². The number of non-ortho nitro benzene ring substituents is 1. The minimum Gasteiger partial charge on any atom is -0.419 e. The van der Waals surface area contributed by atoms with E-state index in [0.29, 0.717) is 22.6 Å². The second-order valence-corrected chi connectivity index (χ2v) is 8.53. The summed E-state index contributed by atoms with van der Waals surface area (Å²) in [6.45, 7) is 5.70. The van der Waals surface area contributed by atoms with Crippen molar-refractivity contribution < 1.29 is 13.8 Å². The zero-order chi connectivity index (χ0) is 20.5. The van der Waals surface area contributed by atoms with Crippen LogP contribution in [0.3, 0.4) is 0 Å². The molecule has 0 aliphatic carbocycles. The van der Waals surface area contributed by atoms with Crippen LogP contribution in [0.5, 0.6) is 0 Å². The second kappa shape index (κ2) is 7.72. The van der Waals surface area contributed by atoms with Gasteiger partial charge in [0.15, 0.2) is 0 Å². The first-order valence-corrected chi connectivity index (χ1v) is 10.1. The van der Waals surface area contributed by atoms with Gasteiger partial charge in [0.2, 0.25) is 11.8 Å². The first-order chi connectivity index (χ1) is 13.9. The minimum absolute atomic E-state index is 0.00372. The molecule has 0 spiro atoms. The van der Waals surface area contributed by atoms with Gasteiger partial charge < -0.3 is 8.83 Å². The molecule has 0 aliphatic heterocycles. The Balaban J connectivity index is 1.48. The topological polar surface area (TPSA) is 134 Å². The van der Waals surface area contributed by atoms with E-state index in [1.54, 1.807) is 12.1 Å². The smallest absolute Gasteiger partial charge is 0.277 e. The third-order valence-electron chi connectivity index (χ3n) is 3.90. The molecule has 1 atom stereocenters. The molecule has 0 bridgehead atoms. The number of aromatic nitrogens is 5. The largest absolute Gasteiger partial charge is 0.419 e. The van der Waals surface area contributed by atoms with E-state index in [4.69, 9.17) is 8.83 Å². The Hall–Kier alpha value is -3.12. The van der Waals surface area contributed by atoms with Gasteiger partial charge in [-0.05, 0) is 32.9 Å². The van der Waals surface area contributed by atoms with E-state index in [1.165, 1.54) is 35.2 Å². The molecular weight excluding hydrogens is 416 g/mol. The molecule has 0 amide bonds. The van der Waals surface area contributed by atoms with Crippen molar-refractivity contribution in [2.75, 3.05) is 0 Å². The number of aryl methyl sites for hydroxylation is 2. The van der Waals surface area contributed by atoms with Crippen molar-refractivity contribution in [1.82, 2.24) is 25.4 Å². The summed E-state index contributed by atoms with van der Waals surface area (Å²) in [5.74, 6) is 1.09. The molecule has 0 fully saturated rings. The van der Waals surface area contributed by atoms with E-state index in [-0.39, 0.29) is 16.8 Å². The fourth-order valence-corrected chi connectivity index (χ4v) is 4.08. The zero-order valence-electron chi connectivity index (χ0n) is 15.5. The third-order valence-corrected chi connectivity index (χ3v) is 5.88. The molecule has 12 heteroatoms. The van der Waals surface area contributed by atoms with Gasteiger partial charge in [-0.2, -0.15) is 0 Å². The first kappa shape index (κ1) is 19.2. The molecule has 4 aromatic rings. The molecule has 148 valence electrons. The molecule has 10 nitrogen and oxygen atoms in total. The van der Waals surface area contributed by atoms with Crippen molar-refractivity contribution in [2.45, 2.75) is 31.2 Å². The third kappa shape index (κ3) is 4.03. The number of thiazole rings is 1. The lowest BCUT2D eigenvalue weighted by Gasteiger charge is -2.01. The van der Waals surface area contributed by atoms with Crippen LogP contribution in [0.4, 0.5) is 5.69 Å². The number of nitro groups is 1. The van der Waals surface area contributed by atoms with Gasteiger partial charge in [0.05, 0.1) is 20.9 Å². The van der Waals surface area contributed by atoms with E-state index >= 15 is 0 Å². The molecule has 0 saturated heterocycles. The van der Waals surface area contributed by atoms with Crippen LogP contribution in [-0.4, -0.2) is 30.3 Å². The van der Waals surface area contributed by atoms with Crippen molar-refractivity contribution in [3.8, 4) is 22.2 Å². The normalized spacial score (nSPS) is 12.2. The van der Waals surface area contributed by atoms with Gasteiger partial charge in [0, 0.05) is 17.7 Å². The number of hydrogen-bond donors (Lipinski definition) is 0. The maximum Gasteiger partial charge on any atom is 0.277 e. The molecule has 0 N–H and O–H groups in total. The van der Waals surface area contributed by atoms with Gasteiger partial charge in [-0.15, -0.1) is 31.7 Å². The fourth-order valence-electron chi connectivity index (χ4n) is 2.52. The molecular formula is C17H14N6O4S2. The van der Waals surface area contributed by atoms with Crippen LogP contribution in [0.2, 0.25) is 0 Å². The predicted molar refractivity (Wildman–Crippen MR) is 106 cm³/mol. The van der Waals surface area contributed by atoms with E-state index in [1.807, 2.05) is 20.8 Å². The SMILES string of the molecule is Cc1nc(C)c(-c2nnc(SC(C)c3nnc(-c4ccc([N+](=O)[O-])cc4)o3)o2)s1. The van der Waals surface area contributed by atoms with Crippen LogP contribution in [0.25, 0.3) is 22.2 Å². The fraction of sp³-hybridized carbons (Fsp3) is 0.235. The molecule has 0 saturated carbocycles. The monoisotopic (exact) mass is 430 g/mol. The van der Waals surface area contributed by atoms with Crippen molar-refractivity contribution >= 4 is 28.8 Å². The van der Waals surface area contributed by atoms with Gasteiger partial charge in [-0.1, -0.05) is 11.8 Å². The highest BCUT2D eigenvalue weighted by atomic mass is 32.2. The summed E-state index contributed by atoms with van der Waals surface area (Å²) < 4.78 is 11.4. The number of benzene rings is 1. The summed E-state index contributed by atoms with van der Waals surface area (Å²) in [5.41, 5.74) is 1.45. The van der Waals surface area contributed by atoms with Crippen molar-refractivity contribution in [3.05, 3.63) is 51.0 Å². The summed E-state index contributed by atoms with van der Waals surface area (Å²) in [6.07, 6.45) is 0. The summed E-state index contributed by atoms with van der Waals surface area (Å²) in [5, 5.41) is 28.1. The minimum atomic E-state index is -0.463. The van der Waals surface area contributed by atoms with Crippen LogP contribution < -0.4 is 0 Å². The summed E-state index contributed by atoms with van der Waals surface area (Å²) in [7, 11) is 0. The Labute approximate surface area is 172 Å². The van der Waals surface area contributed by atoms with Gasteiger partial charge >= 0.3 is 0 Å². The Bertz CT molecular complexity index is 1170. The Kier molecular flexibility index (Phi) is 5.11. The quantitative estimate of drug-likeness (QED) is 0.242. The lowest BCUT2D eigenvalue weighted by molar-refractivity contribution is -0.384. The number of rotatable bonds is 6. The van der Waals surface area contributed by atoms with Crippen LogP contribution in [0, 0.1) is 24.0 Å². The van der Waals surface area contributed by atoms with Crippen LogP contribution in [0.15, 0.2) is 38.3 Å². The number of thioether (sulfide) groups is 1. The van der Waals surface area contributed by atoms with Crippen molar-refractivity contribution in [2.24, 2.45) is 0 Å². The van der Waals surface area contributed by atoms with Crippen LogP contribution >= 0.6 is 23.1 Å². The predicted octanol–water partition coefficient (Wildman–Crippen LogP) is 4.62. The standard InChI is InChI=1S/C17H14N6O4S2/c1-8-13(29-10(3)18-8)16-21-22-17(27-16)28-9(2)14-19-20-15(26-14)11-4-6-12(7-5-11)23(24)25/h4-7,9H,1-3H3. The lowest BCUT2D eigenvalue weighted by atomic mass is 10.2. The average Bonchev–Trinajstić information content (AvgIpc) is 3.42. The maximum atomic E-state index is 10.8. The number of nitro benzene ring substituents is 1. The maximum absolute atomic E-state index is 10.8. The van der Waals surface area contributed by atoms with Crippen LogP contribution in [0.1, 0.15) is 28.8 Å². The Morgan fingerprint density at radius 2 is 1.79 bits per heavy atom. The van der Waals surface area contributed by atoms with Crippen molar-refractivity contribution in [1.29, 1.82) is 0 Å². The molecule has 1 aromatic carbocycles. The summed E-state index contributed by atoms with van der Waals surface area (Å²) >= 11 is 2.80. The molecule has 0 radical (unpaired) electrons. The van der Waals surface area contributed by atoms with E-state index in [2.05, 4.69) is 25.4 Å². The van der Waals surface area contributed by atoms with E-state index in [9.17, 15) is 10.1 Å². The molecule has 3 heterocycles. The summed E-state index contributed by atoms with van der Waals surface area (Å²) in [6, 6.07) is 5.91. The highest BCUT2D eigenvalue weighted by molar-refractivity contribution is 7.99. The van der Waals surface area contributed by atoms with Gasteiger partial charge in [0.25, 0.3) is 16.8 Å². The summed E-state index contributed by atoms with van der Waals surface area (Å²) in [4.78, 5) is 15.5. The molecule has 0 aliphatic rings. The molecule has 3 aromatic heterocycles. The Morgan fingerprint density at radius 3 is 2.45 bits per heavy atom. The van der Waals surface area contributed by atoms with E-state index < -0.39 is 4.92 Å². The lowest BCUT2D eigenvalue weighted by Crippen LogP contribution is -1.88. The molecule has 1 unspecified atom stereocenters. The number of nitrogens with zero attached hydrogens (tertiary/aromatic N) is 6.